The second-order valence-corrected chi connectivity index (χ2v) is 4.84. The van der Waals surface area contributed by atoms with Crippen LogP contribution in [0.3, 0.4) is 0 Å². The minimum absolute atomic E-state index is 0.269. The first-order chi connectivity index (χ1) is 8.70. The maximum absolute atomic E-state index is 11.3. The zero-order chi connectivity index (χ0) is 13.0. The van der Waals surface area contributed by atoms with Crippen LogP contribution >= 0.6 is 0 Å². The summed E-state index contributed by atoms with van der Waals surface area (Å²) in [5.41, 5.74) is 1.09. The maximum atomic E-state index is 11.3. The minimum atomic E-state index is 0.269. The second kappa shape index (κ2) is 5.96. The van der Waals surface area contributed by atoms with Crippen LogP contribution in [0.4, 0.5) is 0 Å². The molecule has 1 aromatic rings. The largest absolute Gasteiger partial charge is 0.481 e. The molecule has 2 heterocycles. The van der Waals surface area contributed by atoms with Crippen molar-refractivity contribution in [2.75, 3.05) is 13.7 Å². The number of ketones is 1. The zero-order valence-electron chi connectivity index (χ0n) is 11.1. The molecule has 0 aliphatic carbocycles. The molecule has 98 valence electrons. The van der Waals surface area contributed by atoms with Gasteiger partial charge in [-0.2, -0.15) is 0 Å². The lowest BCUT2D eigenvalue weighted by molar-refractivity contribution is -0.118. The minimum Gasteiger partial charge on any atom is -0.481 e. The van der Waals surface area contributed by atoms with E-state index in [0.29, 0.717) is 18.3 Å². The molecule has 4 heteroatoms. The number of hydrogen-bond acceptors (Lipinski definition) is 4. The number of hydrogen-bond donors (Lipinski definition) is 0. The fourth-order valence-corrected chi connectivity index (χ4v) is 2.61. The molecule has 0 aromatic carbocycles. The molecule has 0 saturated carbocycles. The van der Waals surface area contributed by atoms with Crippen molar-refractivity contribution in [2.24, 2.45) is 0 Å². The highest BCUT2D eigenvalue weighted by molar-refractivity contribution is 5.76. The summed E-state index contributed by atoms with van der Waals surface area (Å²) < 4.78 is 5.27. The van der Waals surface area contributed by atoms with Crippen molar-refractivity contribution in [3.63, 3.8) is 0 Å². The fourth-order valence-electron chi connectivity index (χ4n) is 2.61. The Labute approximate surface area is 108 Å². The summed E-state index contributed by atoms with van der Waals surface area (Å²) in [6.07, 6.45) is 4.67. The first kappa shape index (κ1) is 13.0. The molecule has 1 aromatic heterocycles. The summed E-state index contributed by atoms with van der Waals surface area (Å²) in [4.78, 5) is 17.8. The lowest BCUT2D eigenvalue weighted by Crippen LogP contribution is -2.30. The molecule has 1 unspecified atom stereocenters. The standard InChI is InChI=1S/C14H20N2O2/c1-11(17)9-13-6-4-8-16(13)10-12-5-3-7-15-14(12)18-2/h3,5,7,13H,4,6,8-10H2,1-2H3. The van der Waals surface area contributed by atoms with E-state index in [4.69, 9.17) is 4.74 Å². The van der Waals surface area contributed by atoms with Crippen LogP contribution in [0.2, 0.25) is 0 Å². The van der Waals surface area contributed by atoms with Gasteiger partial charge in [-0.15, -0.1) is 0 Å². The van der Waals surface area contributed by atoms with Crippen LogP contribution in [0.1, 0.15) is 31.7 Å². The molecule has 2 rings (SSSR count). The first-order valence-corrected chi connectivity index (χ1v) is 6.42. The van der Waals surface area contributed by atoms with Crippen LogP contribution in [-0.4, -0.2) is 35.4 Å². The van der Waals surface area contributed by atoms with Gasteiger partial charge < -0.3 is 4.74 Å². The monoisotopic (exact) mass is 248 g/mol. The van der Waals surface area contributed by atoms with Gasteiger partial charge >= 0.3 is 0 Å². The number of rotatable bonds is 5. The van der Waals surface area contributed by atoms with Gasteiger partial charge in [0.1, 0.15) is 5.78 Å². The van der Waals surface area contributed by atoms with Crippen LogP contribution < -0.4 is 4.74 Å². The number of ether oxygens (including phenoxy) is 1. The SMILES string of the molecule is COc1ncccc1CN1CCCC1CC(C)=O. The molecule has 1 aliphatic rings. The van der Waals surface area contributed by atoms with Crippen molar-refractivity contribution in [1.29, 1.82) is 0 Å². The number of pyridine rings is 1. The van der Waals surface area contributed by atoms with Crippen LogP contribution in [0.15, 0.2) is 18.3 Å². The van der Waals surface area contributed by atoms with Crippen LogP contribution in [0.25, 0.3) is 0 Å². The third-order valence-corrected chi connectivity index (χ3v) is 3.44. The molecule has 0 radical (unpaired) electrons. The zero-order valence-corrected chi connectivity index (χ0v) is 11.1. The van der Waals surface area contributed by atoms with Crippen molar-refractivity contribution in [1.82, 2.24) is 9.88 Å². The Bertz CT molecular complexity index is 420. The van der Waals surface area contributed by atoms with E-state index in [1.807, 2.05) is 12.1 Å². The van der Waals surface area contributed by atoms with E-state index in [1.54, 1.807) is 20.2 Å². The normalized spacial score (nSPS) is 20.0. The van der Waals surface area contributed by atoms with E-state index in [2.05, 4.69) is 9.88 Å². The topological polar surface area (TPSA) is 42.4 Å². The second-order valence-electron chi connectivity index (χ2n) is 4.84. The van der Waals surface area contributed by atoms with Gasteiger partial charge in [0.15, 0.2) is 0 Å². The fraction of sp³-hybridized carbons (Fsp3) is 0.571. The van der Waals surface area contributed by atoms with E-state index < -0.39 is 0 Å². The van der Waals surface area contributed by atoms with Crippen LogP contribution in [0.5, 0.6) is 5.88 Å². The van der Waals surface area contributed by atoms with E-state index in [0.717, 1.165) is 25.1 Å². The molecule has 1 aliphatic heterocycles. The molecular weight excluding hydrogens is 228 g/mol. The number of carbonyl (C=O) groups excluding carboxylic acids is 1. The van der Waals surface area contributed by atoms with Crippen molar-refractivity contribution < 1.29 is 9.53 Å². The smallest absolute Gasteiger partial charge is 0.217 e. The summed E-state index contributed by atoms with van der Waals surface area (Å²) in [5, 5.41) is 0. The summed E-state index contributed by atoms with van der Waals surface area (Å²) >= 11 is 0. The number of carbonyl (C=O) groups is 1. The van der Waals surface area contributed by atoms with Crippen molar-refractivity contribution in [3.05, 3.63) is 23.9 Å². The van der Waals surface area contributed by atoms with Crippen molar-refractivity contribution >= 4 is 5.78 Å². The molecule has 0 bridgehead atoms. The van der Waals surface area contributed by atoms with Gasteiger partial charge in [-0.05, 0) is 32.4 Å². The highest BCUT2D eigenvalue weighted by Crippen LogP contribution is 2.25. The Kier molecular flexibility index (Phi) is 4.31. The molecule has 0 amide bonds. The summed E-state index contributed by atoms with van der Waals surface area (Å²) in [7, 11) is 1.64. The Hall–Kier alpha value is -1.42. The molecule has 1 fully saturated rings. The first-order valence-electron chi connectivity index (χ1n) is 6.42. The van der Waals surface area contributed by atoms with E-state index >= 15 is 0 Å². The average Bonchev–Trinajstić information content (AvgIpc) is 2.76. The van der Waals surface area contributed by atoms with Crippen LogP contribution in [0, 0.1) is 0 Å². The Morgan fingerprint density at radius 2 is 2.44 bits per heavy atom. The Balaban J connectivity index is 2.05. The highest BCUT2D eigenvalue weighted by atomic mass is 16.5. The molecule has 4 nitrogen and oxygen atoms in total. The molecule has 18 heavy (non-hydrogen) atoms. The highest BCUT2D eigenvalue weighted by Gasteiger charge is 2.26. The van der Waals surface area contributed by atoms with Gasteiger partial charge in [0.2, 0.25) is 5.88 Å². The van der Waals surface area contributed by atoms with E-state index in [1.165, 1.54) is 6.42 Å². The van der Waals surface area contributed by atoms with Gasteiger partial charge in [-0.3, -0.25) is 9.69 Å². The average molecular weight is 248 g/mol. The summed E-state index contributed by atoms with van der Waals surface area (Å²) in [6, 6.07) is 4.34. The Morgan fingerprint density at radius 3 is 3.17 bits per heavy atom. The quantitative estimate of drug-likeness (QED) is 0.799. The third-order valence-electron chi connectivity index (χ3n) is 3.44. The molecule has 0 spiro atoms. The summed E-state index contributed by atoms with van der Waals surface area (Å²) in [5.74, 6) is 0.955. The third kappa shape index (κ3) is 3.07. The van der Waals surface area contributed by atoms with E-state index in [9.17, 15) is 4.79 Å². The van der Waals surface area contributed by atoms with Gasteiger partial charge in [0.25, 0.3) is 0 Å². The van der Waals surface area contributed by atoms with Crippen molar-refractivity contribution in [3.8, 4) is 5.88 Å². The van der Waals surface area contributed by atoms with Crippen molar-refractivity contribution in [2.45, 2.75) is 38.8 Å². The Morgan fingerprint density at radius 1 is 1.61 bits per heavy atom. The van der Waals surface area contributed by atoms with Crippen LogP contribution in [-0.2, 0) is 11.3 Å². The van der Waals surface area contributed by atoms with Gasteiger partial charge in [-0.25, -0.2) is 4.98 Å². The maximum Gasteiger partial charge on any atom is 0.217 e. The van der Waals surface area contributed by atoms with Gasteiger partial charge in [0, 0.05) is 30.8 Å². The number of methoxy groups -OCH3 is 1. The number of Topliss-reactive ketones (excluding diaryl/α,β-unsaturated/α-hetero) is 1. The predicted octanol–water partition coefficient (Wildman–Crippen LogP) is 2.03. The molecule has 0 N–H and O–H groups in total. The summed E-state index contributed by atoms with van der Waals surface area (Å²) in [6.45, 7) is 3.53. The molecule has 1 atom stereocenters. The lowest BCUT2D eigenvalue weighted by atomic mass is 10.1. The number of aromatic nitrogens is 1. The molecule has 1 saturated heterocycles. The molecular formula is C14H20N2O2. The van der Waals surface area contributed by atoms with Gasteiger partial charge in [-0.1, -0.05) is 6.07 Å². The lowest BCUT2D eigenvalue weighted by Gasteiger charge is -2.24. The number of nitrogens with zero attached hydrogens (tertiary/aromatic N) is 2. The van der Waals surface area contributed by atoms with Gasteiger partial charge in [0.05, 0.1) is 7.11 Å². The predicted molar refractivity (Wildman–Crippen MR) is 69.5 cm³/mol. The van der Waals surface area contributed by atoms with E-state index in [-0.39, 0.29) is 5.78 Å². The number of likely N-dealkylation sites (tertiary alicyclic amines) is 1.